The number of hydrogen-bond acceptors (Lipinski definition) is 3. The molecule has 1 aromatic rings. The predicted molar refractivity (Wildman–Crippen MR) is 70.8 cm³/mol. The molecule has 0 aliphatic carbocycles. The molecule has 0 radical (unpaired) electrons. The monoisotopic (exact) mass is 238 g/mol. The third-order valence-electron chi connectivity index (χ3n) is 2.94. The van der Waals surface area contributed by atoms with E-state index in [4.69, 9.17) is 5.73 Å². The van der Waals surface area contributed by atoms with Gasteiger partial charge in [0.05, 0.1) is 0 Å². The maximum absolute atomic E-state index is 5.76. The van der Waals surface area contributed by atoms with Gasteiger partial charge in [0.15, 0.2) is 0 Å². The third kappa shape index (κ3) is 4.86. The van der Waals surface area contributed by atoms with Crippen molar-refractivity contribution in [2.75, 3.05) is 0 Å². The van der Waals surface area contributed by atoms with Gasteiger partial charge in [-0.05, 0) is 25.7 Å². The molecular formula is C13H26N4. The summed E-state index contributed by atoms with van der Waals surface area (Å²) in [6.45, 7) is 9.71. The predicted octanol–water partition coefficient (Wildman–Crippen LogP) is 2.56. The SMILES string of the molecule is CC(C)Cn1cnnc1C(C)CCCC(C)N. The molecule has 0 spiro atoms. The van der Waals surface area contributed by atoms with Gasteiger partial charge in [0, 0.05) is 18.5 Å². The van der Waals surface area contributed by atoms with Crippen molar-refractivity contribution >= 4 is 0 Å². The summed E-state index contributed by atoms with van der Waals surface area (Å²) in [5.74, 6) is 2.21. The van der Waals surface area contributed by atoms with Gasteiger partial charge in [-0.3, -0.25) is 0 Å². The number of nitrogens with zero attached hydrogens (tertiary/aromatic N) is 3. The fraction of sp³-hybridized carbons (Fsp3) is 0.846. The van der Waals surface area contributed by atoms with Crippen molar-refractivity contribution in [3.63, 3.8) is 0 Å². The van der Waals surface area contributed by atoms with E-state index in [2.05, 4.69) is 42.5 Å². The molecule has 2 atom stereocenters. The van der Waals surface area contributed by atoms with Gasteiger partial charge in [0.25, 0.3) is 0 Å². The molecule has 1 aromatic heterocycles. The van der Waals surface area contributed by atoms with Crippen molar-refractivity contribution in [2.45, 2.75) is 65.5 Å². The lowest BCUT2D eigenvalue weighted by Gasteiger charge is -2.14. The van der Waals surface area contributed by atoms with E-state index in [-0.39, 0.29) is 0 Å². The van der Waals surface area contributed by atoms with Gasteiger partial charge in [-0.25, -0.2) is 0 Å². The molecule has 1 rings (SSSR count). The second-order valence-corrected chi connectivity index (χ2v) is 5.54. The van der Waals surface area contributed by atoms with Crippen molar-refractivity contribution in [3.8, 4) is 0 Å². The van der Waals surface area contributed by atoms with Gasteiger partial charge < -0.3 is 10.3 Å². The molecule has 2 unspecified atom stereocenters. The lowest BCUT2D eigenvalue weighted by molar-refractivity contribution is 0.474. The standard InChI is InChI=1S/C13H26N4/c1-10(2)8-17-9-15-16-13(17)11(3)6-5-7-12(4)14/h9-12H,5-8,14H2,1-4H3. The smallest absolute Gasteiger partial charge is 0.135 e. The van der Waals surface area contributed by atoms with Gasteiger partial charge in [0.2, 0.25) is 0 Å². The Hall–Kier alpha value is -0.900. The van der Waals surface area contributed by atoms with Crippen LogP contribution >= 0.6 is 0 Å². The molecule has 0 bridgehead atoms. The highest BCUT2D eigenvalue weighted by Gasteiger charge is 2.13. The van der Waals surface area contributed by atoms with Crippen LogP contribution in [-0.2, 0) is 6.54 Å². The molecule has 0 saturated heterocycles. The summed E-state index contributed by atoms with van der Waals surface area (Å²) in [6.07, 6.45) is 5.23. The van der Waals surface area contributed by atoms with E-state index < -0.39 is 0 Å². The van der Waals surface area contributed by atoms with Crippen LogP contribution in [0.25, 0.3) is 0 Å². The van der Waals surface area contributed by atoms with Crippen LogP contribution in [0.4, 0.5) is 0 Å². The van der Waals surface area contributed by atoms with Crippen LogP contribution in [0, 0.1) is 5.92 Å². The van der Waals surface area contributed by atoms with E-state index in [0.29, 0.717) is 17.9 Å². The topological polar surface area (TPSA) is 56.7 Å². The minimum atomic E-state index is 0.302. The Morgan fingerprint density at radius 3 is 2.53 bits per heavy atom. The van der Waals surface area contributed by atoms with Crippen LogP contribution in [0.1, 0.15) is 58.7 Å². The van der Waals surface area contributed by atoms with Crippen molar-refractivity contribution in [1.29, 1.82) is 0 Å². The number of hydrogen-bond donors (Lipinski definition) is 1. The largest absolute Gasteiger partial charge is 0.328 e. The first-order valence-corrected chi connectivity index (χ1v) is 6.64. The average molecular weight is 238 g/mol. The summed E-state index contributed by atoms with van der Waals surface area (Å²) in [6, 6.07) is 0.302. The molecule has 4 heteroatoms. The second-order valence-electron chi connectivity index (χ2n) is 5.54. The van der Waals surface area contributed by atoms with Gasteiger partial charge in [-0.2, -0.15) is 0 Å². The quantitative estimate of drug-likeness (QED) is 0.794. The molecule has 98 valence electrons. The first-order valence-electron chi connectivity index (χ1n) is 6.64. The van der Waals surface area contributed by atoms with Gasteiger partial charge in [-0.15, -0.1) is 10.2 Å². The van der Waals surface area contributed by atoms with Crippen LogP contribution in [0.2, 0.25) is 0 Å². The molecule has 1 heterocycles. The maximum Gasteiger partial charge on any atom is 0.135 e. The molecule has 0 aromatic carbocycles. The zero-order chi connectivity index (χ0) is 12.8. The highest BCUT2D eigenvalue weighted by atomic mass is 15.3. The zero-order valence-electron chi connectivity index (χ0n) is 11.6. The average Bonchev–Trinajstić information content (AvgIpc) is 2.64. The third-order valence-corrected chi connectivity index (χ3v) is 2.94. The summed E-state index contributed by atoms with van der Waals surface area (Å²) in [4.78, 5) is 0. The Morgan fingerprint density at radius 1 is 1.24 bits per heavy atom. The molecule has 17 heavy (non-hydrogen) atoms. The normalized spacial score (nSPS) is 15.2. The summed E-state index contributed by atoms with van der Waals surface area (Å²) < 4.78 is 2.18. The van der Waals surface area contributed by atoms with Crippen LogP contribution in [-0.4, -0.2) is 20.8 Å². The molecule has 0 aliphatic rings. The lowest BCUT2D eigenvalue weighted by Crippen LogP contribution is -2.15. The Labute approximate surface area is 105 Å². The van der Waals surface area contributed by atoms with E-state index in [1.165, 1.54) is 0 Å². The van der Waals surface area contributed by atoms with Gasteiger partial charge >= 0.3 is 0 Å². The van der Waals surface area contributed by atoms with Crippen LogP contribution in [0.15, 0.2) is 6.33 Å². The summed E-state index contributed by atoms with van der Waals surface area (Å²) in [7, 11) is 0. The van der Waals surface area contributed by atoms with E-state index in [9.17, 15) is 0 Å². The van der Waals surface area contributed by atoms with Crippen molar-refractivity contribution in [3.05, 3.63) is 12.2 Å². The lowest BCUT2D eigenvalue weighted by atomic mass is 10.0. The van der Waals surface area contributed by atoms with Crippen LogP contribution in [0.3, 0.4) is 0 Å². The Morgan fingerprint density at radius 2 is 1.94 bits per heavy atom. The van der Waals surface area contributed by atoms with E-state index in [1.807, 2.05) is 6.33 Å². The fourth-order valence-corrected chi connectivity index (χ4v) is 2.05. The molecule has 2 N–H and O–H groups in total. The van der Waals surface area contributed by atoms with Gasteiger partial charge in [0.1, 0.15) is 12.2 Å². The van der Waals surface area contributed by atoms with E-state index >= 15 is 0 Å². The summed E-state index contributed by atoms with van der Waals surface area (Å²) >= 11 is 0. The minimum Gasteiger partial charge on any atom is -0.328 e. The first-order chi connectivity index (χ1) is 8.00. The van der Waals surface area contributed by atoms with Crippen molar-refractivity contribution < 1.29 is 0 Å². The van der Waals surface area contributed by atoms with E-state index in [0.717, 1.165) is 31.6 Å². The zero-order valence-corrected chi connectivity index (χ0v) is 11.6. The first kappa shape index (κ1) is 14.2. The summed E-state index contributed by atoms with van der Waals surface area (Å²) in [5.41, 5.74) is 5.76. The van der Waals surface area contributed by atoms with Crippen LogP contribution in [0.5, 0.6) is 0 Å². The number of rotatable bonds is 7. The molecule has 0 amide bonds. The molecule has 0 aliphatic heterocycles. The van der Waals surface area contributed by atoms with Crippen molar-refractivity contribution in [1.82, 2.24) is 14.8 Å². The molecule has 0 saturated carbocycles. The van der Waals surface area contributed by atoms with Gasteiger partial charge in [-0.1, -0.05) is 27.2 Å². The molecular weight excluding hydrogens is 212 g/mol. The minimum absolute atomic E-state index is 0.302. The highest BCUT2D eigenvalue weighted by molar-refractivity contribution is 4.94. The fourth-order valence-electron chi connectivity index (χ4n) is 2.05. The Kier molecular flexibility index (Phi) is 5.62. The second kappa shape index (κ2) is 6.74. The summed E-state index contributed by atoms with van der Waals surface area (Å²) in [5, 5.41) is 8.28. The highest BCUT2D eigenvalue weighted by Crippen LogP contribution is 2.20. The Balaban J connectivity index is 2.50. The van der Waals surface area contributed by atoms with E-state index in [1.54, 1.807) is 0 Å². The molecule has 0 fully saturated rings. The Bertz CT molecular complexity index is 317. The molecule has 4 nitrogen and oxygen atoms in total. The maximum atomic E-state index is 5.76. The number of nitrogens with two attached hydrogens (primary N) is 1. The van der Waals surface area contributed by atoms with Crippen molar-refractivity contribution in [2.24, 2.45) is 11.7 Å². The number of aromatic nitrogens is 3. The van der Waals surface area contributed by atoms with Crippen LogP contribution < -0.4 is 5.73 Å².